The lowest BCUT2D eigenvalue weighted by atomic mass is 10.1. The molecule has 0 aromatic heterocycles. The van der Waals surface area contributed by atoms with Gasteiger partial charge in [0.05, 0.1) is 4.92 Å². The SMILES string of the molecule is CN(CCN)C(=O)c1c(F)ccc([N+](=O)[O-])c1F. The van der Waals surface area contributed by atoms with Crippen LogP contribution in [-0.2, 0) is 0 Å². The van der Waals surface area contributed by atoms with E-state index in [4.69, 9.17) is 5.73 Å². The Bertz CT molecular complexity index is 494. The topological polar surface area (TPSA) is 89.5 Å². The maximum Gasteiger partial charge on any atom is 0.305 e. The van der Waals surface area contributed by atoms with Gasteiger partial charge in [0.2, 0.25) is 5.82 Å². The molecule has 0 aliphatic heterocycles. The summed E-state index contributed by atoms with van der Waals surface area (Å²) in [7, 11) is 1.30. The van der Waals surface area contributed by atoms with E-state index in [0.717, 1.165) is 4.90 Å². The zero-order valence-corrected chi connectivity index (χ0v) is 9.52. The number of nitrogens with two attached hydrogens (primary N) is 1. The maximum atomic E-state index is 13.7. The van der Waals surface area contributed by atoms with Crippen LogP contribution in [0.15, 0.2) is 12.1 Å². The molecule has 18 heavy (non-hydrogen) atoms. The first-order valence-electron chi connectivity index (χ1n) is 4.98. The molecular formula is C10H11F2N3O3. The van der Waals surface area contributed by atoms with Crippen molar-refractivity contribution in [2.45, 2.75) is 0 Å². The van der Waals surface area contributed by atoms with Crippen molar-refractivity contribution in [1.82, 2.24) is 4.90 Å². The summed E-state index contributed by atoms with van der Waals surface area (Å²) in [6, 6.07) is 1.36. The van der Waals surface area contributed by atoms with Crippen LogP contribution < -0.4 is 5.73 Å². The van der Waals surface area contributed by atoms with E-state index in [1.54, 1.807) is 0 Å². The zero-order valence-electron chi connectivity index (χ0n) is 9.52. The number of carbonyl (C=O) groups excluding carboxylic acids is 1. The van der Waals surface area contributed by atoms with Gasteiger partial charge in [-0.2, -0.15) is 4.39 Å². The average molecular weight is 259 g/mol. The predicted octanol–water partition coefficient (Wildman–Crippen LogP) is 0.904. The van der Waals surface area contributed by atoms with Gasteiger partial charge in [0.15, 0.2) is 0 Å². The Kier molecular flexibility index (Phi) is 4.27. The number of rotatable bonds is 4. The molecule has 98 valence electrons. The van der Waals surface area contributed by atoms with Crippen LogP contribution in [0.4, 0.5) is 14.5 Å². The van der Waals surface area contributed by atoms with Crippen LogP contribution in [0.1, 0.15) is 10.4 Å². The molecule has 0 bridgehead atoms. The molecule has 0 atom stereocenters. The Balaban J connectivity index is 3.27. The fraction of sp³-hybridized carbons (Fsp3) is 0.300. The van der Waals surface area contributed by atoms with E-state index in [0.29, 0.717) is 12.1 Å². The first-order chi connectivity index (χ1) is 8.40. The minimum Gasteiger partial charge on any atom is -0.340 e. The molecule has 0 unspecified atom stereocenters. The van der Waals surface area contributed by atoms with E-state index in [1.807, 2.05) is 0 Å². The number of likely N-dealkylation sites (N-methyl/N-ethyl adjacent to an activating group) is 1. The largest absolute Gasteiger partial charge is 0.340 e. The van der Waals surface area contributed by atoms with Crippen molar-refractivity contribution in [2.24, 2.45) is 5.73 Å². The molecule has 0 fully saturated rings. The van der Waals surface area contributed by atoms with Crippen molar-refractivity contribution in [2.75, 3.05) is 20.1 Å². The summed E-state index contributed by atoms with van der Waals surface area (Å²) in [5.74, 6) is -3.61. The van der Waals surface area contributed by atoms with Crippen molar-refractivity contribution in [3.05, 3.63) is 39.4 Å². The van der Waals surface area contributed by atoms with Gasteiger partial charge in [0.1, 0.15) is 11.4 Å². The van der Waals surface area contributed by atoms with Crippen LogP contribution in [0, 0.1) is 21.7 Å². The second-order valence-electron chi connectivity index (χ2n) is 3.53. The Hall–Kier alpha value is -2.09. The monoisotopic (exact) mass is 259 g/mol. The van der Waals surface area contributed by atoms with E-state index < -0.39 is 33.7 Å². The fourth-order valence-corrected chi connectivity index (χ4v) is 1.36. The van der Waals surface area contributed by atoms with Crippen LogP contribution in [0.25, 0.3) is 0 Å². The third kappa shape index (κ3) is 2.59. The van der Waals surface area contributed by atoms with Crippen molar-refractivity contribution in [1.29, 1.82) is 0 Å². The summed E-state index contributed by atoms with van der Waals surface area (Å²) in [6.45, 7) is 0.195. The number of amides is 1. The third-order valence-electron chi connectivity index (χ3n) is 2.29. The first-order valence-corrected chi connectivity index (χ1v) is 4.98. The standard InChI is InChI=1S/C10H11F2N3O3/c1-14(5-4-13)10(16)8-6(11)2-3-7(9(8)12)15(17)18/h2-3H,4-5,13H2,1H3. The van der Waals surface area contributed by atoms with Gasteiger partial charge >= 0.3 is 5.69 Å². The van der Waals surface area contributed by atoms with Gasteiger partial charge in [0.25, 0.3) is 5.91 Å². The molecule has 0 radical (unpaired) electrons. The molecule has 6 nitrogen and oxygen atoms in total. The highest BCUT2D eigenvalue weighted by Crippen LogP contribution is 2.23. The highest BCUT2D eigenvalue weighted by Gasteiger charge is 2.27. The van der Waals surface area contributed by atoms with Crippen molar-refractivity contribution in [3.8, 4) is 0 Å². The summed E-state index contributed by atoms with van der Waals surface area (Å²) in [4.78, 5) is 22.2. The van der Waals surface area contributed by atoms with Gasteiger partial charge in [0, 0.05) is 26.2 Å². The van der Waals surface area contributed by atoms with Crippen LogP contribution in [-0.4, -0.2) is 35.9 Å². The van der Waals surface area contributed by atoms with Gasteiger partial charge in [-0.05, 0) is 6.07 Å². The summed E-state index contributed by atoms with van der Waals surface area (Å²) in [5, 5.41) is 10.5. The van der Waals surface area contributed by atoms with Crippen LogP contribution in [0.2, 0.25) is 0 Å². The molecular weight excluding hydrogens is 248 g/mol. The highest BCUT2D eigenvalue weighted by molar-refractivity contribution is 5.95. The van der Waals surface area contributed by atoms with Gasteiger partial charge < -0.3 is 10.6 Å². The third-order valence-corrected chi connectivity index (χ3v) is 2.29. The molecule has 1 amide bonds. The lowest BCUT2D eigenvalue weighted by molar-refractivity contribution is -0.387. The van der Waals surface area contributed by atoms with Gasteiger partial charge in [-0.3, -0.25) is 14.9 Å². The van der Waals surface area contributed by atoms with E-state index in [-0.39, 0.29) is 13.1 Å². The lowest BCUT2D eigenvalue weighted by Crippen LogP contribution is -2.33. The Morgan fingerprint density at radius 3 is 2.61 bits per heavy atom. The smallest absolute Gasteiger partial charge is 0.305 e. The van der Waals surface area contributed by atoms with Crippen LogP contribution in [0.5, 0.6) is 0 Å². The molecule has 0 aliphatic rings. The van der Waals surface area contributed by atoms with Gasteiger partial charge in [-0.1, -0.05) is 0 Å². The van der Waals surface area contributed by atoms with Crippen LogP contribution >= 0.6 is 0 Å². The van der Waals surface area contributed by atoms with E-state index >= 15 is 0 Å². The first kappa shape index (κ1) is 14.0. The molecule has 0 saturated heterocycles. The quantitative estimate of drug-likeness (QED) is 0.642. The molecule has 2 N–H and O–H groups in total. The lowest BCUT2D eigenvalue weighted by Gasteiger charge is -2.16. The Morgan fingerprint density at radius 2 is 2.11 bits per heavy atom. The summed E-state index contributed by atoms with van der Waals surface area (Å²) in [6.07, 6.45) is 0. The number of carbonyl (C=O) groups is 1. The molecule has 1 rings (SSSR count). The predicted molar refractivity (Wildman–Crippen MR) is 59.0 cm³/mol. The Labute approximate surface area is 101 Å². The summed E-state index contributed by atoms with van der Waals surface area (Å²) >= 11 is 0. The van der Waals surface area contributed by atoms with Crippen LogP contribution in [0.3, 0.4) is 0 Å². The number of nitro benzene ring substituents is 1. The zero-order chi connectivity index (χ0) is 13.9. The summed E-state index contributed by atoms with van der Waals surface area (Å²) in [5.41, 5.74) is 3.32. The maximum absolute atomic E-state index is 13.7. The van der Waals surface area contributed by atoms with E-state index in [9.17, 15) is 23.7 Å². The normalized spacial score (nSPS) is 10.2. The number of nitro groups is 1. The second-order valence-corrected chi connectivity index (χ2v) is 3.53. The van der Waals surface area contributed by atoms with Crippen molar-refractivity contribution in [3.63, 3.8) is 0 Å². The number of hydrogen-bond acceptors (Lipinski definition) is 4. The molecule has 0 aliphatic carbocycles. The molecule has 0 saturated carbocycles. The number of hydrogen-bond donors (Lipinski definition) is 1. The summed E-state index contributed by atoms with van der Waals surface area (Å²) < 4.78 is 27.1. The van der Waals surface area contributed by atoms with E-state index in [2.05, 4.69) is 0 Å². The van der Waals surface area contributed by atoms with E-state index in [1.165, 1.54) is 7.05 Å². The fourth-order valence-electron chi connectivity index (χ4n) is 1.36. The minimum absolute atomic E-state index is 0.0837. The molecule has 0 heterocycles. The molecule has 1 aromatic carbocycles. The average Bonchev–Trinajstić information content (AvgIpc) is 2.28. The molecule has 0 spiro atoms. The van der Waals surface area contributed by atoms with Crippen molar-refractivity contribution >= 4 is 11.6 Å². The van der Waals surface area contributed by atoms with Gasteiger partial charge in [-0.25, -0.2) is 4.39 Å². The molecule has 1 aromatic rings. The van der Waals surface area contributed by atoms with Gasteiger partial charge in [-0.15, -0.1) is 0 Å². The molecule has 8 heteroatoms. The Morgan fingerprint density at radius 1 is 1.50 bits per heavy atom. The van der Waals surface area contributed by atoms with Crippen molar-refractivity contribution < 1.29 is 18.5 Å². The number of halogens is 2. The highest BCUT2D eigenvalue weighted by atomic mass is 19.1. The second kappa shape index (κ2) is 5.50. The number of nitrogens with zero attached hydrogens (tertiary/aromatic N) is 2. The minimum atomic E-state index is -1.48. The number of benzene rings is 1.